The summed E-state index contributed by atoms with van der Waals surface area (Å²) in [6.45, 7) is 4.61. The van der Waals surface area contributed by atoms with Crippen molar-refractivity contribution < 1.29 is 9.47 Å². The molecule has 0 N–H and O–H groups in total. The Balaban J connectivity index is 2.04. The van der Waals surface area contributed by atoms with Gasteiger partial charge < -0.3 is 9.47 Å². The Bertz CT molecular complexity index is 323. The summed E-state index contributed by atoms with van der Waals surface area (Å²) in [4.78, 5) is 0. The van der Waals surface area contributed by atoms with Crippen LogP contribution >= 0.6 is 11.6 Å². The van der Waals surface area contributed by atoms with E-state index in [4.69, 9.17) is 21.1 Å². The predicted octanol–water partition coefficient (Wildman–Crippen LogP) is 0.909. The molecule has 0 aliphatic carbocycles. The van der Waals surface area contributed by atoms with Crippen molar-refractivity contribution in [3.05, 3.63) is 11.1 Å². The summed E-state index contributed by atoms with van der Waals surface area (Å²) in [6, 6.07) is 0. The molecule has 1 aromatic heterocycles. The monoisotopic (exact) mass is 231 g/mol. The third kappa shape index (κ3) is 2.48. The Labute approximate surface area is 93.3 Å². The normalized spacial score (nSPS) is 21.9. The van der Waals surface area contributed by atoms with Crippen molar-refractivity contribution >= 4 is 11.6 Å². The highest BCUT2D eigenvalue weighted by Gasteiger charge is 2.18. The van der Waals surface area contributed by atoms with Crippen molar-refractivity contribution in [2.75, 3.05) is 19.8 Å². The number of halogens is 1. The third-order valence-electron chi connectivity index (χ3n) is 2.37. The van der Waals surface area contributed by atoms with Gasteiger partial charge in [-0.25, -0.2) is 0 Å². The molecular weight excluding hydrogens is 218 g/mol. The van der Waals surface area contributed by atoms with Crippen LogP contribution in [0, 0.1) is 0 Å². The Morgan fingerprint density at radius 3 is 3.00 bits per heavy atom. The zero-order valence-electron chi connectivity index (χ0n) is 8.65. The van der Waals surface area contributed by atoms with E-state index in [0.29, 0.717) is 31.6 Å². The van der Waals surface area contributed by atoms with Gasteiger partial charge in [0, 0.05) is 6.42 Å². The van der Waals surface area contributed by atoms with Gasteiger partial charge in [0.05, 0.1) is 32.5 Å². The second-order valence-electron chi connectivity index (χ2n) is 3.42. The summed E-state index contributed by atoms with van der Waals surface area (Å²) in [5.74, 6) is 0.883. The molecule has 0 aromatic carbocycles. The van der Waals surface area contributed by atoms with Crippen molar-refractivity contribution in [2.45, 2.75) is 26.0 Å². The van der Waals surface area contributed by atoms with Crippen LogP contribution in [0.1, 0.15) is 12.7 Å². The molecule has 0 radical (unpaired) electrons. The average Bonchev–Trinajstić information content (AvgIpc) is 2.62. The highest BCUT2D eigenvalue weighted by molar-refractivity contribution is 6.28. The molecule has 0 spiro atoms. The minimum Gasteiger partial charge on any atom is -0.376 e. The number of aryl methyl sites for hydroxylation is 1. The van der Waals surface area contributed by atoms with Crippen LogP contribution in [0.15, 0.2) is 0 Å². The molecule has 1 aromatic rings. The first kappa shape index (κ1) is 10.9. The number of rotatable bonds is 3. The summed E-state index contributed by atoms with van der Waals surface area (Å²) in [5, 5.41) is 8.24. The third-order valence-corrected chi connectivity index (χ3v) is 2.65. The number of aromatic nitrogens is 3. The summed E-state index contributed by atoms with van der Waals surface area (Å²) < 4.78 is 12.7. The predicted molar refractivity (Wildman–Crippen MR) is 55.0 cm³/mol. The average molecular weight is 232 g/mol. The molecule has 1 aliphatic rings. The van der Waals surface area contributed by atoms with E-state index in [9.17, 15) is 0 Å². The fraction of sp³-hybridized carbons (Fsp3) is 0.778. The Hall–Kier alpha value is -0.650. The van der Waals surface area contributed by atoms with Crippen molar-refractivity contribution in [1.29, 1.82) is 0 Å². The Morgan fingerprint density at radius 1 is 1.47 bits per heavy atom. The Kier molecular flexibility index (Phi) is 3.56. The molecule has 6 heteroatoms. The molecule has 1 fully saturated rings. The second kappa shape index (κ2) is 4.92. The molecule has 0 saturated carbocycles. The maximum atomic E-state index is 5.94. The van der Waals surface area contributed by atoms with Gasteiger partial charge >= 0.3 is 0 Å². The van der Waals surface area contributed by atoms with E-state index >= 15 is 0 Å². The summed E-state index contributed by atoms with van der Waals surface area (Å²) in [6.07, 6.45) is 0.866. The van der Waals surface area contributed by atoms with Gasteiger partial charge in [-0.3, -0.25) is 4.57 Å². The van der Waals surface area contributed by atoms with E-state index in [1.165, 1.54) is 0 Å². The molecule has 84 valence electrons. The van der Waals surface area contributed by atoms with Crippen LogP contribution in [-0.2, 0) is 22.4 Å². The molecule has 1 aliphatic heterocycles. The molecule has 2 heterocycles. The van der Waals surface area contributed by atoms with Crippen molar-refractivity contribution in [3.8, 4) is 0 Å². The standard InChI is InChI=1S/C9H14ClN3O2/c1-2-8-11-12-9(10)13(8)5-7-6-14-3-4-15-7/h7H,2-6H2,1H3. The molecule has 0 amide bonds. The lowest BCUT2D eigenvalue weighted by atomic mass is 10.3. The minimum absolute atomic E-state index is 0.0533. The van der Waals surface area contributed by atoms with Crippen LogP contribution in [0.25, 0.3) is 0 Å². The van der Waals surface area contributed by atoms with Crippen LogP contribution in [0.3, 0.4) is 0 Å². The number of hydrogen-bond donors (Lipinski definition) is 0. The maximum absolute atomic E-state index is 5.94. The van der Waals surface area contributed by atoms with Gasteiger partial charge in [-0.2, -0.15) is 0 Å². The largest absolute Gasteiger partial charge is 0.376 e. The first-order valence-electron chi connectivity index (χ1n) is 5.08. The highest BCUT2D eigenvalue weighted by atomic mass is 35.5. The fourth-order valence-corrected chi connectivity index (χ4v) is 1.81. The van der Waals surface area contributed by atoms with Crippen LogP contribution < -0.4 is 0 Å². The first-order valence-corrected chi connectivity index (χ1v) is 5.46. The number of nitrogens with zero attached hydrogens (tertiary/aromatic N) is 3. The van der Waals surface area contributed by atoms with Gasteiger partial charge in [-0.1, -0.05) is 6.92 Å². The smallest absolute Gasteiger partial charge is 0.225 e. The lowest BCUT2D eigenvalue weighted by molar-refractivity contribution is -0.0937. The lowest BCUT2D eigenvalue weighted by Crippen LogP contribution is -2.32. The maximum Gasteiger partial charge on any atom is 0.225 e. The van der Waals surface area contributed by atoms with Crippen molar-refractivity contribution in [3.63, 3.8) is 0 Å². The van der Waals surface area contributed by atoms with Crippen molar-refractivity contribution in [2.24, 2.45) is 0 Å². The molecule has 15 heavy (non-hydrogen) atoms. The van der Waals surface area contributed by atoms with E-state index in [1.54, 1.807) is 0 Å². The SMILES string of the molecule is CCc1nnc(Cl)n1CC1COCCO1. The van der Waals surface area contributed by atoms with Crippen LogP contribution in [0.4, 0.5) is 0 Å². The van der Waals surface area contributed by atoms with Gasteiger partial charge in [0.2, 0.25) is 5.28 Å². The number of ether oxygens (including phenoxy) is 2. The summed E-state index contributed by atoms with van der Waals surface area (Å²) in [5.41, 5.74) is 0. The van der Waals surface area contributed by atoms with E-state index in [-0.39, 0.29) is 6.10 Å². The molecule has 1 unspecified atom stereocenters. The second-order valence-corrected chi connectivity index (χ2v) is 3.76. The van der Waals surface area contributed by atoms with Gasteiger partial charge in [0.1, 0.15) is 5.82 Å². The molecule has 1 atom stereocenters. The van der Waals surface area contributed by atoms with E-state index in [1.807, 2.05) is 11.5 Å². The number of hydrogen-bond acceptors (Lipinski definition) is 4. The fourth-order valence-electron chi connectivity index (χ4n) is 1.60. The highest BCUT2D eigenvalue weighted by Crippen LogP contribution is 2.12. The van der Waals surface area contributed by atoms with E-state index in [0.717, 1.165) is 12.2 Å². The Morgan fingerprint density at radius 2 is 2.33 bits per heavy atom. The summed E-state index contributed by atoms with van der Waals surface area (Å²) >= 11 is 5.94. The molecule has 5 nitrogen and oxygen atoms in total. The molecule has 0 bridgehead atoms. The first-order chi connectivity index (χ1) is 7.31. The van der Waals surface area contributed by atoms with Gasteiger partial charge in [0.15, 0.2) is 0 Å². The van der Waals surface area contributed by atoms with E-state index in [2.05, 4.69) is 10.2 Å². The molecule has 1 saturated heterocycles. The minimum atomic E-state index is 0.0533. The van der Waals surface area contributed by atoms with Crippen LogP contribution in [0.2, 0.25) is 5.28 Å². The van der Waals surface area contributed by atoms with Gasteiger partial charge in [0.25, 0.3) is 0 Å². The van der Waals surface area contributed by atoms with Crippen LogP contribution in [-0.4, -0.2) is 40.7 Å². The quantitative estimate of drug-likeness (QED) is 0.776. The van der Waals surface area contributed by atoms with Gasteiger partial charge in [-0.05, 0) is 11.6 Å². The lowest BCUT2D eigenvalue weighted by Gasteiger charge is -2.23. The topological polar surface area (TPSA) is 49.2 Å². The molecular formula is C9H14ClN3O2. The van der Waals surface area contributed by atoms with Crippen LogP contribution in [0.5, 0.6) is 0 Å². The van der Waals surface area contributed by atoms with Crippen molar-refractivity contribution in [1.82, 2.24) is 14.8 Å². The molecule has 2 rings (SSSR count). The summed E-state index contributed by atoms with van der Waals surface area (Å²) in [7, 11) is 0. The zero-order chi connectivity index (χ0) is 10.7. The van der Waals surface area contributed by atoms with E-state index < -0.39 is 0 Å². The zero-order valence-corrected chi connectivity index (χ0v) is 9.40. The van der Waals surface area contributed by atoms with Gasteiger partial charge in [-0.15, -0.1) is 10.2 Å².